The largest absolute Gasteiger partial charge is 0.317 e. The van der Waals surface area contributed by atoms with Crippen LogP contribution in [0.3, 0.4) is 0 Å². The van der Waals surface area contributed by atoms with Crippen LogP contribution in [0.1, 0.15) is 41.5 Å². The summed E-state index contributed by atoms with van der Waals surface area (Å²) in [6.45, 7) is 22.4. The van der Waals surface area contributed by atoms with Gasteiger partial charge in [0.2, 0.25) is 0 Å². The summed E-state index contributed by atoms with van der Waals surface area (Å²) in [5.74, 6) is 0. The molecule has 0 atom stereocenters. The van der Waals surface area contributed by atoms with Crippen molar-refractivity contribution in [3.63, 3.8) is 0 Å². The van der Waals surface area contributed by atoms with Crippen molar-refractivity contribution in [2.24, 2.45) is 0 Å². The first-order chi connectivity index (χ1) is 10.1. The number of halogens is 2. The molecule has 3 nitrogen and oxygen atoms in total. The lowest BCUT2D eigenvalue weighted by Crippen LogP contribution is -2.34. The number of nitrogens with zero attached hydrogens (tertiary/aromatic N) is 2. The molecule has 0 aliphatic carbocycles. The van der Waals surface area contributed by atoms with Gasteiger partial charge in [-0.1, -0.05) is 73.4 Å². The summed E-state index contributed by atoms with van der Waals surface area (Å²) < 4.78 is 0. The van der Waals surface area contributed by atoms with E-state index in [2.05, 4.69) is 88.5 Å². The lowest BCUT2D eigenvalue weighted by atomic mass is 10.4. The minimum Gasteiger partial charge on any atom is -0.317 e. The van der Waals surface area contributed by atoms with E-state index in [1.54, 1.807) is 0 Å². The predicted octanol–water partition coefficient (Wildman–Crippen LogP) is 4.06. The second-order valence-electron chi connectivity index (χ2n) is 4.39. The van der Waals surface area contributed by atoms with Crippen molar-refractivity contribution in [1.29, 1.82) is 0 Å². The SMILES string of the molecule is BrCCBr.CCN(CC)CCN(CC)CC.CCNCC. The number of alkyl halides is 2. The molecule has 0 saturated heterocycles. The molecule has 0 spiro atoms. The first-order valence-electron chi connectivity index (χ1n) is 8.38. The third kappa shape index (κ3) is 26.1. The van der Waals surface area contributed by atoms with E-state index in [9.17, 15) is 0 Å². The molecular weight excluding hydrogens is 394 g/mol. The van der Waals surface area contributed by atoms with Gasteiger partial charge in [0, 0.05) is 23.7 Å². The Hall–Kier alpha value is 0.840. The highest BCUT2D eigenvalue weighted by molar-refractivity contribution is 9.11. The van der Waals surface area contributed by atoms with Crippen molar-refractivity contribution >= 4 is 31.9 Å². The number of hydrogen-bond donors (Lipinski definition) is 1. The summed E-state index contributed by atoms with van der Waals surface area (Å²) >= 11 is 6.40. The van der Waals surface area contributed by atoms with Crippen LogP contribution in [0.4, 0.5) is 0 Å². The zero-order valence-electron chi connectivity index (χ0n) is 15.2. The zero-order chi connectivity index (χ0) is 16.9. The molecule has 21 heavy (non-hydrogen) atoms. The van der Waals surface area contributed by atoms with E-state index in [-0.39, 0.29) is 0 Å². The molecular formula is C16H39Br2N3. The van der Waals surface area contributed by atoms with E-state index in [0.29, 0.717) is 0 Å². The Labute approximate surface area is 151 Å². The van der Waals surface area contributed by atoms with Gasteiger partial charge in [-0.15, -0.1) is 0 Å². The lowest BCUT2D eigenvalue weighted by molar-refractivity contribution is 0.227. The van der Waals surface area contributed by atoms with Gasteiger partial charge in [-0.05, 0) is 39.3 Å². The quantitative estimate of drug-likeness (QED) is 0.525. The highest BCUT2D eigenvalue weighted by Crippen LogP contribution is 1.91. The number of likely N-dealkylation sites (N-methyl/N-ethyl adjacent to an activating group) is 2. The van der Waals surface area contributed by atoms with Crippen LogP contribution < -0.4 is 5.32 Å². The van der Waals surface area contributed by atoms with Crippen molar-refractivity contribution in [1.82, 2.24) is 15.1 Å². The second-order valence-corrected chi connectivity index (χ2v) is 5.97. The van der Waals surface area contributed by atoms with Crippen LogP contribution in [0.5, 0.6) is 0 Å². The monoisotopic (exact) mass is 431 g/mol. The van der Waals surface area contributed by atoms with E-state index >= 15 is 0 Å². The minimum atomic E-state index is 1.05. The first kappa shape index (κ1) is 26.7. The number of nitrogens with one attached hydrogen (secondary N) is 1. The fraction of sp³-hybridized carbons (Fsp3) is 1.00. The van der Waals surface area contributed by atoms with Gasteiger partial charge >= 0.3 is 0 Å². The minimum absolute atomic E-state index is 1.05. The Kier molecular flexibility index (Phi) is 32.8. The second kappa shape index (κ2) is 25.8. The molecule has 5 heteroatoms. The molecule has 0 radical (unpaired) electrons. The van der Waals surface area contributed by atoms with E-state index < -0.39 is 0 Å². The van der Waals surface area contributed by atoms with Gasteiger partial charge in [-0.3, -0.25) is 0 Å². The molecule has 0 heterocycles. The molecule has 0 saturated carbocycles. The molecule has 0 unspecified atom stereocenters. The smallest absolute Gasteiger partial charge is 0.0129 e. The Balaban J connectivity index is -0.000000297. The number of rotatable bonds is 10. The lowest BCUT2D eigenvalue weighted by Gasteiger charge is -2.23. The van der Waals surface area contributed by atoms with Crippen molar-refractivity contribution in [2.45, 2.75) is 41.5 Å². The van der Waals surface area contributed by atoms with E-state index in [1.807, 2.05) is 0 Å². The van der Waals surface area contributed by atoms with Gasteiger partial charge in [0.25, 0.3) is 0 Å². The average molecular weight is 433 g/mol. The fourth-order valence-corrected chi connectivity index (χ4v) is 1.61. The predicted molar refractivity (Wildman–Crippen MR) is 107 cm³/mol. The fourth-order valence-electron chi connectivity index (χ4n) is 1.61. The third-order valence-electron chi connectivity index (χ3n) is 3.09. The average Bonchev–Trinajstić information content (AvgIpc) is 2.53. The molecule has 0 aromatic heterocycles. The van der Waals surface area contributed by atoms with Crippen molar-refractivity contribution < 1.29 is 0 Å². The summed E-state index contributed by atoms with van der Waals surface area (Å²) in [6, 6.07) is 0. The zero-order valence-corrected chi connectivity index (χ0v) is 18.4. The summed E-state index contributed by atoms with van der Waals surface area (Å²) in [5, 5.41) is 5.21. The van der Waals surface area contributed by atoms with Gasteiger partial charge < -0.3 is 15.1 Å². The number of hydrogen-bond acceptors (Lipinski definition) is 3. The Bertz CT molecular complexity index is 136. The van der Waals surface area contributed by atoms with Crippen LogP contribution in [0, 0.1) is 0 Å². The third-order valence-corrected chi connectivity index (χ3v) is 4.95. The van der Waals surface area contributed by atoms with E-state index in [0.717, 1.165) is 23.7 Å². The topological polar surface area (TPSA) is 18.5 Å². The van der Waals surface area contributed by atoms with Gasteiger partial charge in [0.1, 0.15) is 0 Å². The summed E-state index contributed by atoms with van der Waals surface area (Å²) in [4.78, 5) is 4.94. The normalized spacial score (nSPS) is 10.0. The summed E-state index contributed by atoms with van der Waals surface area (Å²) in [7, 11) is 0. The van der Waals surface area contributed by atoms with Crippen LogP contribution in [0.25, 0.3) is 0 Å². The maximum absolute atomic E-state index is 3.20. The molecule has 132 valence electrons. The van der Waals surface area contributed by atoms with Crippen LogP contribution >= 0.6 is 31.9 Å². The molecule has 0 aromatic rings. The Morgan fingerprint density at radius 1 is 0.619 bits per heavy atom. The summed E-state index contributed by atoms with van der Waals surface area (Å²) in [6.07, 6.45) is 0. The standard InChI is InChI=1S/C10H24N2.C4H11N.C2H4Br2/c1-5-11(6-2)9-10-12(7-3)8-4;1-3-5-4-2;3-1-2-4/h5-10H2,1-4H3;5H,3-4H2,1-2H3;1-2H2. The molecule has 0 aliphatic rings. The van der Waals surface area contributed by atoms with Gasteiger partial charge in [-0.25, -0.2) is 0 Å². The Morgan fingerprint density at radius 3 is 1.00 bits per heavy atom. The maximum atomic E-state index is 3.20. The molecule has 0 aliphatic heterocycles. The maximum Gasteiger partial charge on any atom is 0.0129 e. The van der Waals surface area contributed by atoms with Crippen LogP contribution in [-0.4, -0.2) is 72.8 Å². The van der Waals surface area contributed by atoms with E-state index in [1.165, 1.54) is 39.3 Å². The van der Waals surface area contributed by atoms with Crippen molar-refractivity contribution in [2.75, 3.05) is 63.0 Å². The van der Waals surface area contributed by atoms with Crippen LogP contribution in [0.15, 0.2) is 0 Å². The molecule has 1 N–H and O–H groups in total. The Morgan fingerprint density at radius 2 is 0.905 bits per heavy atom. The molecule has 0 aromatic carbocycles. The van der Waals surface area contributed by atoms with E-state index in [4.69, 9.17) is 0 Å². The highest BCUT2D eigenvalue weighted by atomic mass is 79.9. The highest BCUT2D eigenvalue weighted by Gasteiger charge is 2.02. The van der Waals surface area contributed by atoms with Gasteiger partial charge in [0.05, 0.1) is 0 Å². The van der Waals surface area contributed by atoms with Gasteiger partial charge in [-0.2, -0.15) is 0 Å². The molecule has 0 bridgehead atoms. The first-order valence-corrected chi connectivity index (χ1v) is 10.6. The summed E-state index contributed by atoms with van der Waals surface area (Å²) in [5.41, 5.74) is 0. The molecule has 0 rings (SSSR count). The van der Waals surface area contributed by atoms with Crippen molar-refractivity contribution in [3.8, 4) is 0 Å². The van der Waals surface area contributed by atoms with Crippen molar-refractivity contribution in [3.05, 3.63) is 0 Å². The molecule has 0 fully saturated rings. The molecule has 0 amide bonds. The van der Waals surface area contributed by atoms with Crippen LogP contribution in [-0.2, 0) is 0 Å². The van der Waals surface area contributed by atoms with Crippen LogP contribution in [0.2, 0.25) is 0 Å². The van der Waals surface area contributed by atoms with Gasteiger partial charge in [0.15, 0.2) is 0 Å².